The molecule has 0 atom stereocenters. The highest BCUT2D eigenvalue weighted by Crippen LogP contribution is 2.36. The fourth-order valence-corrected chi connectivity index (χ4v) is 5.02. The third-order valence-electron chi connectivity index (χ3n) is 7.20. The summed E-state index contributed by atoms with van der Waals surface area (Å²) in [5.74, 6) is 0.318. The Morgan fingerprint density at radius 3 is 1.94 bits per heavy atom. The second kappa shape index (κ2) is 9.02. The lowest BCUT2D eigenvalue weighted by Gasteiger charge is -2.34. The van der Waals surface area contributed by atoms with Crippen LogP contribution in [0.4, 0.5) is 11.4 Å². The van der Waals surface area contributed by atoms with Crippen molar-refractivity contribution in [3.63, 3.8) is 0 Å². The lowest BCUT2D eigenvalue weighted by molar-refractivity contribution is -0.120. The summed E-state index contributed by atoms with van der Waals surface area (Å²) in [5, 5.41) is 0. The molecule has 3 heterocycles. The van der Waals surface area contributed by atoms with Gasteiger partial charge in [0.25, 0.3) is 11.8 Å². The van der Waals surface area contributed by atoms with E-state index >= 15 is 0 Å². The minimum Gasteiger partial charge on any atom is -0.372 e. The molecular weight excluding hydrogens is 412 g/mol. The number of carbonyl (C=O) groups is 2. The lowest BCUT2D eigenvalue weighted by Crippen LogP contribution is -2.46. The summed E-state index contributed by atoms with van der Waals surface area (Å²) in [4.78, 5) is 35.4. The Bertz CT molecular complexity index is 1050. The molecule has 172 valence electrons. The average Bonchev–Trinajstić information content (AvgIpc) is 3.11. The molecule has 2 amide bonds. The standard InChI is InChI=1S/C27H32N4O2/c1-20-12-14-29(15-13-20)22-8-10-23(11-9-22)31-26(32)24(21-6-4-3-5-7-21)25(27(31)33)30-18-16-28(2)17-19-30/h3-11,20H,12-19H2,1-2H3. The molecule has 0 aliphatic carbocycles. The predicted molar refractivity (Wildman–Crippen MR) is 132 cm³/mol. The summed E-state index contributed by atoms with van der Waals surface area (Å²) >= 11 is 0. The number of amides is 2. The molecule has 0 radical (unpaired) electrons. The van der Waals surface area contributed by atoms with Gasteiger partial charge >= 0.3 is 0 Å². The number of imide groups is 1. The fraction of sp³-hybridized carbons (Fsp3) is 0.407. The first kappa shape index (κ1) is 21.7. The molecule has 2 saturated heterocycles. The van der Waals surface area contributed by atoms with E-state index in [1.165, 1.54) is 17.7 Å². The van der Waals surface area contributed by atoms with E-state index in [4.69, 9.17) is 0 Å². The predicted octanol–water partition coefficient (Wildman–Crippen LogP) is 3.45. The molecule has 33 heavy (non-hydrogen) atoms. The summed E-state index contributed by atoms with van der Waals surface area (Å²) in [7, 11) is 2.09. The van der Waals surface area contributed by atoms with Crippen molar-refractivity contribution in [3.8, 4) is 0 Å². The summed E-state index contributed by atoms with van der Waals surface area (Å²) in [5.41, 5.74) is 3.64. The molecule has 6 nitrogen and oxygen atoms in total. The van der Waals surface area contributed by atoms with Crippen molar-refractivity contribution >= 4 is 28.8 Å². The third-order valence-corrected chi connectivity index (χ3v) is 7.20. The monoisotopic (exact) mass is 444 g/mol. The summed E-state index contributed by atoms with van der Waals surface area (Å²) < 4.78 is 0. The zero-order valence-corrected chi connectivity index (χ0v) is 19.5. The van der Waals surface area contributed by atoms with Crippen molar-refractivity contribution < 1.29 is 9.59 Å². The summed E-state index contributed by atoms with van der Waals surface area (Å²) in [6, 6.07) is 17.5. The minimum absolute atomic E-state index is 0.219. The number of piperazine rings is 1. The molecular formula is C27H32N4O2. The van der Waals surface area contributed by atoms with Crippen LogP contribution in [-0.4, -0.2) is 67.9 Å². The number of likely N-dealkylation sites (N-methyl/N-ethyl adjacent to an activating group) is 1. The molecule has 2 fully saturated rings. The van der Waals surface area contributed by atoms with Crippen LogP contribution in [0.15, 0.2) is 60.3 Å². The van der Waals surface area contributed by atoms with Gasteiger partial charge in [0, 0.05) is 45.0 Å². The number of hydrogen-bond donors (Lipinski definition) is 0. The smallest absolute Gasteiger partial charge is 0.282 e. The molecule has 0 saturated carbocycles. The van der Waals surface area contributed by atoms with E-state index < -0.39 is 0 Å². The van der Waals surface area contributed by atoms with Gasteiger partial charge in [-0.25, -0.2) is 4.90 Å². The van der Waals surface area contributed by atoms with Crippen LogP contribution in [0.2, 0.25) is 0 Å². The quantitative estimate of drug-likeness (QED) is 0.676. The number of nitrogens with zero attached hydrogens (tertiary/aromatic N) is 4. The molecule has 5 rings (SSSR count). The van der Waals surface area contributed by atoms with Crippen LogP contribution >= 0.6 is 0 Å². The van der Waals surface area contributed by atoms with Gasteiger partial charge in [0.1, 0.15) is 5.70 Å². The zero-order valence-electron chi connectivity index (χ0n) is 19.5. The van der Waals surface area contributed by atoms with Gasteiger partial charge in [-0.3, -0.25) is 9.59 Å². The van der Waals surface area contributed by atoms with Crippen molar-refractivity contribution in [2.24, 2.45) is 5.92 Å². The van der Waals surface area contributed by atoms with Crippen molar-refractivity contribution in [2.75, 3.05) is 56.1 Å². The Hall–Kier alpha value is -3.12. The van der Waals surface area contributed by atoms with Crippen molar-refractivity contribution in [3.05, 3.63) is 65.9 Å². The van der Waals surface area contributed by atoms with Gasteiger partial charge in [-0.1, -0.05) is 37.3 Å². The van der Waals surface area contributed by atoms with Gasteiger partial charge in [0.05, 0.1) is 11.3 Å². The first-order chi connectivity index (χ1) is 16.0. The van der Waals surface area contributed by atoms with Crippen LogP contribution in [0.1, 0.15) is 25.3 Å². The van der Waals surface area contributed by atoms with Crippen LogP contribution in [-0.2, 0) is 9.59 Å². The van der Waals surface area contributed by atoms with Gasteiger partial charge in [-0.05, 0) is 55.6 Å². The van der Waals surface area contributed by atoms with E-state index in [9.17, 15) is 9.59 Å². The van der Waals surface area contributed by atoms with Crippen LogP contribution in [0, 0.1) is 5.92 Å². The number of rotatable bonds is 4. The SMILES string of the molecule is CC1CCN(c2ccc(N3C(=O)C(c4ccccc4)=C(N4CCN(C)CC4)C3=O)cc2)CC1. The van der Waals surface area contributed by atoms with E-state index in [0.29, 0.717) is 17.0 Å². The molecule has 0 aromatic heterocycles. The number of benzene rings is 2. The molecule has 0 spiro atoms. The normalized spacial score (nSPS) is 20.8. The highest BCUT2D eigenvalue weighted by molar-refractivity contribution is 6.45. The second-order valence-corrected chi connectivity index (χ2v) is 9.51. The first-order valence-corrected chi connectivity index (χ1v) is 12.0. The molecule has 0 bridgehead atoms. The van der Waals surface area contributed by atoms with E-state index in [1.807, 2.05) is 54.6 Å². The molecule has 6 heteroatoms. The fourth-order valence-electron chi connectivity index (χ4n) is 5.02. The molecule has 2 aromatic rings. The maximum atomic E-state index is 13.7. The third kappa shape index (κ3) is 4.15. The van der Waals surface area contributed by atoms with E-state index in [2.05, 4.69) is 28.7 Å². The number of hydrogen-bond acceptors (Lipinski definition) is 5. The van der Waals surface area contributed by atoms with Crippen molar-refractivity contribution in [1.29, 1.82) is 0 Å². The molecule has 3 aliphatic heterocycles. The van der Waals surface area contributed by atoms with Gasteiger partial charge in [-0.15, -0.1) is 0 Å². The second-order valence-electron chi connectivity index (χ2n) is 9.51. The van der Waals surface area contributed by atoms with Crippen LogP contribution in [0.5, 0.6) is 0 Å². The Kier molecular flexibility index (Phi) is 5.94. The first-order valence-electron chi connectivity index (χ1n) is 12.0. The highest BCUT2D eigenvalue weighted by atomic mass is 16.2. The molecule has 3 aliphatic rings. The number of anilines is 2. The van der Waals surface area contributed by atoms with E-state index in [0.717, 1.165) is 56.4 Å². The van der Waals surface area contributed by atoms with Crippen molar-refractivity contribution in [2.45, 2.75) is 19.8 Å². The summed E-state index contributed by atoms with van der Waals surface area (Å²) in [6.07, 6.45) is 2.40. The topological polar surface area (TPSA) is 47.1 Å². The zero-order chi connectivity index (χ0) is 22.9. The van der Waals surface area contributed by atoms with Crippen molar-refractivity contribution in [1.82, 2.24) is 9.80 Å². The Morgan fingerprint density at radius 2 is 1.30 bits per heavy atom. The maximum Gasteiger partial charge on any atom is 0.282 e. The van der Waals surface area contributed by atoms with Crippen LogP contribution < -0.4 is 9.80 Å². The molecule has 2 aromatic carbocycles. The van der Waals surface area contributed by atoms with Gasteiger partial charge < -0.3 is 14.7 Å². The van der Waals surface area contributed by atoms with E-state index in [1.54, 1.807) is 0 Å². The largest absolute Gasteiger partial charge is 0.372 e. The van der Waals surface area contributed by atoms with Gasteiger partial charge in [0.2, 0.25) is 0 Å². The highest BCUT2D eigenvalue weighted by Gasteiger charge is 2.42. The Balaban J connectivity index is 1.45. The lowest BCUT2D eigenvalue weighted by atomic mass is 9.99. The van der Waals surface area contributed by atoms with E-state index in [-0.39, 0.29) is 11.8 Å². The number of carbonyl (C=O) groups excluding carboxylic acids is 2. The Labute approximate surface area is 196 Å². The maximum absolute atomic E-state index is 13.7. The van der Waals surface area contributed by atoms with Crippen LogP contribution in [0.25, 0.3) is 5.57 Å². The van der Waals surface area contributed by atoms with Gasteiger partial charge in [0.15, 0.2) is 0 Å². The van der Waals surface area contributed by atoms with Gasteiger partial charge in [-0.2, -0.15) is 0 Å². The molecule has 0 unspecified atom stereocenters. The Morgan fingerprint density at radius 1 is 0.697 bits per heavy atom. The summed E-state index contributed by atoms with van der Waals surface area (Å²) in [6.45, 7) is 7.63. The average molecular weight is 445 g/mol. The molecule has 0 N–H and O–H groups in total. The minimum atomic E-state index is -0.236. The number of piperidine rings is 1. The van der Waals surface area contributed by atoms with Crippen LogP contribution in [0.3, 0.4) is 0 Å².